The highest BCUT2D eigenvalue weighted by Gasteiger charge is 2.52. The lowest BCUT2D eigenvalue weighted by Crippen LogP contribution is -2.29. The van der Waals surface area contributed by atoms with Gasteiger partial charge in [0.25, 0.3) is 46.4 Å². The van der Waals surface area contributed by atoms with Gasteiger partial charge in [0.2, 0.25) is 15.4 Å². The molecule has 12 aromatic carbocycles. The molecule has 6 heterocycles. The van der Waals surface area contributed by atoms with Gasteiger partial charge >= 0.3 is 17.7 Å². The number of carboxylic acid groups (broad SMARTS) is 2. The lowest BCUT2D eigenvalue weighted by atomic mass is 9.95. The van der Waals surface area contributed by atoms with Crippen LogP contribution < -0.4 is 14.7 Å². The van der Waals surface area contributed by atoms with Crippen LogP contribution in [0.15, 0.2) is 285 Å². The maximum atomic E-state index is 14.4. The van der Waals surface area contributed by atoms with Gasteiger partial charge in [-0.25, -0.2) is 13.2 Å². The zero-order valence-electron chi connectivity index (χ0n) is 72.0. The number of fused-ring (bicyclic) bond motifs is 3. The van der Waals surface area contributed by atoms with Crippen molar-refractivity contribution in [3.8, 4) is 0 Å². The van der Waals surface area contributed by atoms with Gasteiger partial charge in [-0.3, -0.25) is 83.4 Å². The van der Waals surface area contributed by atoms with Gasteiger partial charge in [-0.1, -0.05) is 233 Å². The third-order valence-corrected chi connectivity index (χ3v) is 27.7. The van der Waals surface area contributed by atoms with Crippen LogP contribution in [0.25, 0.3) is 49.6 Å². The number of carbonyl (C=O) groups is 8. The maximum absolute atomic E-state index is 14.4. The number of aliphatic carboxylic acids is 2. The number of nitro benzene ring substituents is 3. The molecule has 31 nitrogen and oxygen atoms in total. The fourth-order valence-corrected chi connectivity index (χ4v) is 20.4. The normalized spacial score (nSPS) is 15.6. The van der Waals surface area contributed by atoms with Gasteiger partial charge in [0.15, 0.2) is 13.0 Å². The second-order valence-electron chi connectivity index (χ2n) is 30.3. The SMILES string of the molecule is CC(=O)O.CC(=O)O.Cc1ccc(C(O)=C2C(=O)C(=O)N(c3nnc(SCc4cccc5ccccc45)s3)C2c2ccc([N+](=O)[O-])cc2)cc1F.Cc1ccc(C(O)=C2C(=O)C(=O)N(c3nnc(SCc4cccc5ccccc45)s3)C2c2ccc([N+](=O)[O-])cc2)cc1F.Cc1ccc(C(O)=C2C(=O)C(=O)N(c3nnc(SCc4cccc5ccccc45)s3)C2c2ccc([N+](=O)[O-])cc2)cc1F. The van der Waals surface area contributed by atoms with Crippen molar-refractivity contribution in [3.63, 3.8) is 0 Å². The summed E-state index contributed by atoms with van der Waals surface area (Å²) in [7, 11) is 0. The molecule has 15 aromatic rings. The molecular weight excluding hydrogens is 1890 g/mol. The van der Waals surface area contributed by atoms with Crippen molar-refractivity contribution in [3.05, 3.63) is 386 Å². The number of benzene rings is 12. The number of aliphatic hydroxyl groups is 3. The largest absolute Gasteiger partial charge is 0.507 e. The number of amides is 3. The first-order valence-corrected chi connectivity index (χ1v) is 46.2. The summed E-state index contributed by atoms with van der Waals surface area (Å²) in [6.45, 7) is 6.83. The minimum atomic E-state index is -1.19. The molecule has 40 heteroatoms. The third-order valence-electron chi connectivity index (χ3n) is 21.4. The number of halogens is 3. The van der Waals surface area contributed by atoms with E-state index in [9.17, 15) is 87.6 Å². The van der Waals surface area contributed by atoms with Crippen molar-refractivity contribution in [1.29, 1.82) is 0 Å². The molecule has 0 saturated carbocycles. The topological polar surface area (TPSA) is 454 Å². The van der Waals surface area contributed by atoms with Gasteiger partial charge in [-0.15, -0.1) is 30.6 Å². The molecule has 3 unspecified atom stereocenters. The number of carboxylic acids is 2. The van der Waals surface area contributed by atoms with Gasteiger partial charge in [-0.2, -0.15) is 0 Å². The van der Waals surface area contributed by atoms with Crippen molar-refractivity contribution in [1.82, 2.24) is 30.6 Å². The predicted molar refractivity (Wildman–Crippen MR) is 514 cm³/mol. The number of ketones is 3. The Morgan fingerprint density at radius 2 is 0.584 bits per heavy atom. The number of nitrogens with zero attached hydrogens (tertiary/aromatic N) is 12. The minimum absolute atomic E-state index is 0.0107. The fourth-order valence-electron chi connectivity index (χ4n) is 14.8. The van der Waals surface area contributed by atoms with Crippen LogP contribution in [-0.4, -0.2) is 118 Å². The molecule has 3 aliphatic heterocycles. The van der Waals surface area contributed by atoms with Gasteiger partial charge < -0.3 is 25.5 Å². The molecule has 0 radical (unpaired) electrons. The zero-order chi connectivity index (χ0) is 97.9. The molecule has 3 aromatic heterocycles. The number of aromatic nitrogens is 6. The number of aryl methyl sites for hydroxylation is 3. The van der Waals surface area contributed by atoms with Crippen molar-refractivity contribution in [2.45, 2.75) is 83.0 Å². The van der Waals surface area contributed by atoms with E-state index in [4.69, 9.17) is 19.8 Å². The van der Waals surface area contributed by atoms with Crippen LogP contribution >= 0.6 is 69.3 Å². The Kier molecular flexibility index (Phi) is 30.2. The molecular formula is C97H71F3N12O19S6. The summed E-state index contributed by atoms with van der Waals surface area (Å²) in [6, 6.07) is 66.4. The minimum Gasteiger partial charge on any atom is -0.507 e. The Labute approximate surface area is 799 Å². The van der Waals surface area contributed by atoms with E-state index < -0.39 is 115 Å². The Balaban J connectivity index is 0.000000158. The zero-order valence-corrected chi connectivity index (χ0v) is 76.9. The van der Waals surface area contributed by atoms with Crippen LogP contribution in [0.1, 0.15) is 98.7 Å². The van der Waals surface area contributed by atoms with E-state index in [1.807, 2.05) is 127 Å². The van der Waals surface area contributed by atoms with Gasteiger partial charge in [0.1, 0.15) is 34.7 Å². The number of Topliss-reactive ketones (excluding diaryl/α,β-unsaturated/α-hetero) is 3. The summed E-state index contributed by atoms with van der Waals surface area (Å²) in [5.41, 5.74) is 3.85. The van der Waals surface area contributed by atoms with E-state index in [-0.39, 0.29) is 65.9 Å². The van der Waals surface area contributed by atoms with Crippen molar-refractivity contribution < 1.29 is 91.8 Å². The lowest BCUT2D eigenvalue weighted by Gasteiger charge is -2.22. The van der Waals surface area contributed by atoms with Crippen LogP contribution in [0, 0.1) is 68.6 Å². The second-order valence-corrected chi connectivity index (χ2v) is 36.9. The fraction of sp³-hybridized carbons (Fsp3) is 0.113. The van der Waals surface area contributed by atoms with E-state index in [0.29, 0.717) is 63.7 Å². The van der Waals surface area contributed by atoms with Crippen molar-refractivity contribution in [2.24, 2.45) is 0 Å². The Hall–Kier alpha value is -15.9. The summed E-state index contributed by atoms with van der Waals surface area (Å²) in [4.78, 5) is 134. The average Bonchev–Trinajstić information content (AvgIpc) is 1.60. The molecule has 3 fully saturated rings. The summed E-state index contributed by atoms with van der Waals surface area (Å²) in [6.07, 6.45) is 0. The molecule has 5 N–H and O–H groups in total. The number of anilines is 3. The molecule has 0 bridgehead atoms. The lowest BCUT2D eigenvalue weighted by molar-refractivity contribution is -0.385. The smallest absolute Gasteiger partial charge is 0.301 e. The quantitative estimate of drug-likeness (QED) is 0.00848. The molecule has 137 heavy (non-hydrogen) atoms. The monoisotopic (exact) mass is 1960 g/mol. The number of hydrogen-bond donors (Lipinski definition) is 5. The Morgan fingerprint density at radius 3 is 0.818 bits per heavy atom. The van der Waals surface area contributed by atoms with Crippen LogP contribution in [-0.2, 0) is 55.6 Å². The molecule has 0 aliphatic carbocycles. The maximum Gasteiger partial charge on any atom is 0.301 e. The van der Waals surface area contributed by atoms with Gasteiger partial charge in [0.05, 0.1) is 49.6 Å². The first kappa shape index (κ1) is 97.2. The van der Waals surface area contributed by atoms with Crippen LogP contribution in [0.4, 0.5) is 45.6 Å². The number of rotatable bonds is 21. The second kappa shape index (κ2) is 42.6. The number of hydrogen-bond acceptors (Lipinski definition) is 29. The van der Waals surface area contributed by atoms with Crippen LogP contribution in [0.2, 0.25) is 0 Å². The third kappa shape index (κ3) is 21.7. The molecule has 690 valence electrons. The average molecular weight is 1960 g/mol. The summed E-state index contributed by atoms with van der Waals surface area (Å²) in [5, 5.41) is 115. The first-order chi connectivity index (χ1) is 65.6. The Morgan fingerprint density at radius 1 is 0.350 bits per heavy atom. The van der Waals surface area contributed by atoms with Gasteiger partial charge in [0, 0.05) is 84.2 Å². The number of thioether (sulfide) groups is 3. The molecule has 3 saturated heterocycles. The highest BCUT2D eigenvalue weighted by Crippen LogP contribution is 2.50. The molecule has 18 rings (SSSR count). The van der Waals surface area contributed by atoms with E-state index in [0.717, 1.165) is 130 Å². The van der Waals surface area contributed by atoms with E-state index in [1.165, 1.54) is 144 Å². The Bertz CT molecular complexity index is 6760. The number of aliphatic hydroxyl groups excluding tert-OH is 3. The van der Waals surface area contributed by atoms with E-state index >= 15 is 0 Å². The van der Waals surface area contributed by atoms with Crippen LogP contribution in [0.3, 0.4) is 0 Å². The first-order valence-electron chi connectivity index (χ1n) is 40.8. The summed E-state index contributed by atoms with van der Waals surface area (Å²) in [5.74, 6) is -9.29. The standard InChI is InChI=1S/3C31H21FN4O5S2.2C2H4O2/c3*1-17-9-10-20(15-24(17)32)27(37)25-26(19-11-13-22(14-12-19)36(40)41)35(29(39)28(25)38)30-33-34-31(43-30)42-16-21-7-4-6-18-5-2-3-8-23(18)21;2*1-2(3)4/h3*2-15,26,37H,16H2,1H3;2*1H3,(H,3,4). The highest BCUT2D eigenvalue weighted by atomic mass is 32.2. The molecule has 3 atom stereocenters. The van der Waals surface area contributed by atoms with Gasteiger partial charge in [-0.05, 0) is 158 Å². The highest BCUT2D eigenvalue weighted by molar-refractivity contribution is 8.00. The summed E-state index contributed by atoms with van der Waals surface area (Å²) < 4.78 is 44.8. The molecule has 3 aliphatic rings. The number of non-ortho nitro benzene ring substituents is 3. The van der Waals surface area contributed by atoms with Crippen LogP contribution in [0.5, 0.6) is 0 Å². The van der Waals surface area contributed by atoms with Crippen molar-refractivity contribution in [2.75, 3.05) is 14.7 Å². The van der Waals surface area contributed by atoms with Crippen molar-refractivity contribution >= 4 is 198 Å². The predicted octanol–water partition coefficient (Wildman–Crippen LogP) is 21.1. The van der Waals surface area contributed by atoms with E-state index in [2.05, 4.69) is 30.6 Å². The summed E-state index contributed by atoms with van der Waals surface area (Å²) >= 11 is 7.58. The molecule has 0 spiro atoms. The molecule has 3 amide bonds. The van der Waals surface area contributed by atoms with E-state index in [1.54, 1.807) is 20.8 Å². The number of nitro groups is 3. The number of carbonyl (C=O) groups excluding carboxylic acids is 6.